The second-order valence-corrected chi connectivity index (χ2v) is 7.79. The molecule has 0 radical (unpaired) electrons. The summed E-state index contributed by atoms with van der Waals surface area (Å²) in [7, 11) is 0. The van der Waals surface area contributed by atoms with Crippen LogP contribution in [-0.4, -0.2) is 50.3 Å². The number of piperidine rings is 1. The summed E-state index contributed by atoms with van der Waals surface area (Å²) in [6.07, 6.45) is 7.08. The number of carbonyl (C=O) groups is 1. The van der Waals surface area contributed by atoms with E-state index < -0.39 is 0 Å². The Balaban J connectivity index is 1.44. The van der Waals surface area contributed by atoms with Gasteiger partial charge < -0.3 is 10.2 Å². The zero-order valence-electron chi connectivity index (χ0n) is 17.4. The van der Waals surface area contributed by atoms with E-state index in [-0.39, 0.29) is 23.6 Å². The summed E-state index contributed by atoms with van der Waals surface area (Å²) in [5.41, 5.74) is 3.87. The molecule has 0 atom stereocenters. The SMILES string of the molecule is Cc1nonc1C(=O)NC1CCN(c2ncc(-c3ccncc3)c(C(C)C)n2)CC1. The molecule has 0 spiro atoms. The summed E-state index contributed by atoms with van der Waals surface area (Å²) in [6.45, 7) is 7.52. The van der Waals surface area contributed by atoms with Gasteiger partial charge in [-0.1, -0.05) is 19.0 Å². The molecule has 0 bridgehead atoms. The maximum Gasteiger partial charge on any atom is 0.275 e. The van der Waals surface area contributed by atoms with E-state index in [9.17, 15) is 4.79 Å². The molecule has 0 aliphatic carbocycles. The number of hydrogen-bond donors (Lipinski definition) is 1. The van der Waals surface area contributed by atoms with E-state index in [2.05, 4.69) is 49.0 Å². The summed E-state index contributed by atoms with van der Waals surface area (Å²) in [6, 6.07) is 4.03. The van der Waals surface area contributed by atoms with Crippen LogP contribution in [0.15, 0.2) is 35.4 Å². The second-order valence-electron chi connectivity index (χ2n) is 7.79. The molecule has 0 aromatic carbocycles. The molecular weight excluding hydrogens is 382 g/mol. The summed E-state index contributed by atoms with van der Waals surface area (Å²) >= 11 is 0. The largest absolute Gasteiger partial charge is 0.348 e. The van der Waals surface area contributed by atoms with E-state index in [1.165, 1.54) is 0 Å². The summed E-state index contributed by atoms with van der Waals surface area (Å²) in [4.78, 5) is 28.1. The molecule has 0 saturated carbocycles. The number of nitrogens with one attached hydrogen (secondary N) is 1. The predicted molar refractivity (Wildman–Crippen MR) is 111 cm³/mol. The van der Waals surface area contributed by atoms with Crippen LogP contribution in [-0.2, 0) is 0 Å². The fourth-order valence-electron chi connectivity index (χ4n) is 3.65. The molecule has 1 amide bonds. The third kappa shape index (κ3) is 4.14. The number of aromatic nitrogens is 5. The molecule has 1 fully saturated rings. The van der Waals surface area contributed by atoms with Crippen molar-refractivity contribution in [2.24, 2.45) is 0 Å². The van der Waals surface area contributed by atoms with E-state index in [0.29, 0.717) is 5.69 Å². The van der Waals surface area contributed by atoms with Crippen LogP contribution in [0.2, 0.25) is 0 Å². The van der Waals surface area contributed by atoms with Gasteiger partial charge in [0.2, 0.25) is 5.95 Å². The van der Waals surface area contributed by atoms with E-state index >= 15 is 0 Å². The lowest BCUT2D eigenvalue weighted by Gasteiger charge is -2.32. The van der Waals surface area contributed by atoms with Crippen LogP contribution in [0.3, 0.4) is 0 Å². The standard InChI is InChI=1S/C21H25N7O2/c1-13(2)18-17(15-4-8-22-9-5-15)12-23-21(25-18)28-10-6-16(7-11-28)24-20(29)19-14(3)26-30-27-19/h4-5,8-9,12-13,16H,6-7,10-11H2,1-3H3,(H,24,29). The van der Waals surface area contributed by atoms with Crippen molar-refractivity contribution in [3.05, 3.63) is 47.8 Å². The van der Waals surface area contributed by atoms with E-state index in [0.717, 1.165) is 48.7 Å². The molecule has 3 aromatic heterocycles. The highest BCUT2D eigenvalue weighted by Gasteiger charge is 2.25. The summed E-state index contributed by atoms with van der Waals surface area (Å²) in [5.74, 6) is 0.760. The minimum absolute atomic E-state index is 0.0745. The number of anilines is 1. The minimum atomic E-state index is -0.243. The number of rotatable bonds is 5. The number of aryl methyl sites for hydroxylation is 1. The van der Waals surface area contributed by atoms with Crippen LogP contribution in [0.1, 0.15) is 54.5 Å². The van der Waals surface area contributed by atoms with Crippen molar-refractivity contribution in [3.8, 4) is 11.1 Å². The van der Waals surface area contributed by atoms with Gasteiger partial charge in [-0.25, -0.2) is 14.6 Å². The topological polar surface area (TPSA) is 110 Å². The van der Waals surface area contributed by atoms with Crippen LogP contribution in [0.5, 0.6) is 0 Å². The Kier molecular flexibility index (Phi) is 5.69. The van der Waals surface area contributed by atoms with Gasteiger partial charge >= 0.3 is 0 Å². The van der Waals surface area contributed by atoms with Gasteiger partial charge in [-0.2, -0.15) is 0 Å². The van der Waals surface area contributed by atoms with Gasteiger partial charge in [0.05, 0.1) is 5.69 Å². The van der Waals surface area contributed by atoms with Crippen molar-refractivity contribution in [2.75, 3.05) is 18.0 Å². The normalized spacial score (nSPS) is 14.9. The highest BCUT2D eigenvalue weighted by Crippen LogP contribution is 2.29. The van der Waals surface area contributed by atoms with Gasteiger partial charge in [0.25, 0.3) is 5.91 Å². The lowest BCUT2D eigenvalue weighted by atomic mass is 10.00. The van der Waals surface area contributed by atoms with E-state index in [4.69, 9.17) is 4.98 Å². The van der Waals surface area contributed by atoms with Gasteiger partial charge in [-0.3, -0.25) is 9.78 Å². The summed E-state index contributed by atoms with van der Waals surface area (Å²) < 4.78 is 4.61. The summed E-state index contributed by atoms with van der Waals surface area (Å²) in [5, 5.41) is 10.3. The highest BCUT2D eigenvalue weighted by atomic mass is 16.6. The first-order valence-corrected chi connectivity index (χ1v) is 10.1. The number of pyridine rings is 1. The first kappa shape index (κ1) is 19.9. The first-order valence-electron chi connectivity index (χ1n) is 10.1. The molecule has 1 N–H and O–H groups in total. The Morgan fingerprint density at radius 3 is 2.57 bits per heavy atom. The maximum absolute atomic E-state index is 12.3. The molecule has 156 valence electrons. The molecule has 4 rings (SSSR count). The van der Waals surface area contributed by atoms with Crippen LogP contribution in [0.4, 0.5) is 5.95 Å². The Bertz CT molecular complexity index is 1010. The zero-order chi connectivity index (χ0) is 21.1. The smallest absolute Gasteiger partial charge is 0.275 e. The fraction of sp³-hybridized carbons (Fsp3) is 0.429. The second kappa shape index (κ2) is 8.56. The van der Waals surface area contributed by atoms with Crippen molar-refractivity contribution in [1.29, 1.82) is 0 Å². The van der Waals surface area contributed by atoms with E-state index in [1.54, 1.807) is 19.3 Å². The van der Waals surface area contributed by atoms with Gasteiger partial charge in [0.1, 0.15) is 5.69 Å². The Morgan fingerprint density at radius 2 is 1.93 bits per heavy atom. The zero-order valence-corrected chi connectivity index (χ0v) is 17.4. The van der Waals surface area contributed by atoms with Crippen LogP contribution < -0.4 is 10.2 Å². The molecule has 1 saturated heterocycles. The van der Waals surface area contributed by atoms with Crippen molar-refractivity contribution < 1.29 is 9.42 Å². The molecule has 1 aliphatic heterocycles. The quantitative estimate of drug-likeness (QED) is 0.687. The molecule has 0 unspecified atom stereocenters. The average Bonchev–Trinajstić information content (AvgIpc) is 3.20. The molecule has 9 nitrogen and oxygen atoms in total. The van der Waals surface area contributed by atoms with Gasteiger partial charge in [-0.15, -0.1) is 0 Å². The monoisotopic (exact) mass is 407 g/mol. The van der Waals surface area contributed by atoms with Gasteiger partial charge in [-0.05, 0) is 48.5 Å². The van der Waals surface area contributed by atoms with Crippen LogP contribution >= 0.6 is 0 Å². The van der Waals surface area contributed by atoms with Crippen LogP contribution in [0, 0.1) is 6.92 Å². The Labute approximate surface area is 174 Å². The molecule has 1 aliphatic rings. The lowest BCUT2D eigenvalue weighted by Crippen LogP contribution is -2.45. The number of nitrogens with zero attached hydrogens (tertiary/aromatic N) is 6. The number of amides is 1. The highest BCUT2D eigenvalue weighted by molar-refractivity contribution is 5.93. The Morgan fingerprint density at radius 1 is 1.20 bits per heavy atom. The molecule has 9 heteroatoms. The number of carbonyl (C=O) groups excluding carboxylic acids is 1. The Hall–Kier alpha value is -3.36. The lowest BCUT2D eigenvalue weighted by molar-refractivity contribution is 0.0920. The van der Waals surface area contributed by atoms with Crippen molar-refractivity contribution in [3.63, 3.8) is 0 Å². The molecule has 30 heavy (non-hydrogen) atoms. The van der Waals surface area contributed by atoms with Crippen molar-refractivity contribution in [2.45, 2.75) is 45.6 Å². The molecule has 4 heterocycles. The van der Waals surface area contributed by atoms with E-state index in [1.807, 2.05) is 18.3 Å². The van der Waals surface area contributed by atoms with Gasteiger partial charge in [0, 0.05) is 43.3 Å². The van der Waals surface area contributed by atoms with Crippen molar-refractivity contribution in [1.82, 2.24) is 30.6 Å². The first-order chi connectivity index (χ1) is 14.5. The fourth-order valence-corrected chi connectivity index (χ4v) is 3.65. The average molecular weight is 407 g/mol. The third-order valence-electron chi connectivity index (χ3n) is 5.32. The molecule has 3 aromatic rings. The molecular formula is C21H25N7O2. The minimum Gasteiger partial charge on any atom is -0.348 e. The maximum atomic E-state index is 12.3. The van der Waals surface area contributed by atoms with Crippen LogP contribution in [0.25, 0.3) is 11.1 Å². The van der Waals surface area contributed by atoms with Gasteiger partial charge in [0.15, 0.2) is 5.69 Å². The predicted octanol–water partition coefficient (Wildman–Crippen LogP) is 2.75. The van der Waals surface area contributed by atoms with Crippen molar-refractivity contribution >= 4 is 11.9 Å². The number of hydrogen-bond acceptors (Lipinski definition) is 8. The third-order valence-corrected chi connectivity index (χ3v) is 5.32.